The fraction of sp³-hybridized carbons (Fsp3) is 0.312. The van der Waals surface area contributed by atoms with Gasteiger partial charge in [0.1, 0.15) is 5.75 Å². The van der Waals surface area contributed by atoms with Crippen molar-refractivity contribution in [1.82, 2.24) is 0 Å². The number of hydrogen-bond donors (Lipinski definition) is 0. The first-order valence-corrected chi connectivity index (χ1v) is 11.8. The summed E-state index contributed by atoms with van der Waals surface area (Å²) in [6.07, 6.45) is 5.88. The Labute approximate surface area is 214 Å². The third kappa shape index (κ3) is 11.7. The number of ether oxygens (including phenoxy) is 1. The molecule has 3 aromatic rings. The van der Waals surface area contributed by atoms with Gasteiger partial charge in [-0.25, -0.2) is 0 Å². The average molecular weight is 493 g/mol. The SMILES string of the molecule is C#Cc1ccc(C(C)C)cc1.C#Cc1cccc(C(C)C)c1.CC(C)c1ccc(OC(F)(F)F)cc1. The topological polar surface area (TPSA) is 9.23 Å². The molecule has 3 aromatic carbocycles. The fourth-order valence-corrected chi connectivity index (χ4v) is 3.01. The molecule has 0 unspecified atom stereocenters. The molecule has 4 heteroatoms. The van der Waals surface area contributed by atoms with Gasteiger partial charge in [-0.05, 0) is 70.8 Å². The van der Waals surface area contributed by atoms with Gasteiger partial charge in [-0.3, -0.25) is 0 Å². The highest BCUT2D eigenvalue weighted by Gasteiger charge is 2.30. The van der Waals surface area contributed by atoms with Crippen LogP contribution in [0.3, 0.4) is 0 Å². The Bertz CT molecular complexity index is 1120. The van der Waals surface area contributed by atoms with E-state index < -0.39 is 6.36 Å². The highest BCUT2D eigenvalue weighted by Crippen LogP contribution is 2.24. The summed E-state index contributed by atoms with van der Waals surface area (Å²) >= 11 is 0. The summed E-state index contributed by atoms with van der Waals surface area (Å²) in [7, 11) is 0. The first-order valence-electron chi connectivity index (χ1n) is 11.8. The van der Waals surface area contributed by atoms with E-state index in [4.69, 9.17) is 12.8 Å². The normalized spacial score (nSPS) is 10.5. The minimum Gasteiger partial charge on any atom is -0.406 e. The molecule has 0 N–H and O–H groups in total. The Hall–Kier alpha value is -3.63. The summed E-state index contributed by atoms with van der Waals surface area (Å²) in [5.41, 5.74) is 5.55. The molecule has 0 spiro atoms. The molecule has 0 aromatic heterocycles. The van der Waals surface area contributed by atoms with E-state index in [1.165, 1.54) is 23.3 Å². The third-order valence-electron chi connectivity index (χ3n) is 5.24. The van der Waals surface area contributed by atoms with Gasteiger partial charge in [0, 0.05) is 11.1 Å². The summed E-state index contributed by atoms with van der Waals surface area (Å²) in [5.74, 6) is 6.48. The van der Waals surface area contributed by atoms with Crippen LogP contribution in [0.4, 0.5) is 13.2 Å². The highest BCUT2D eigenvalue weighted by atomic mass is 19.4. The summed E-state index contributed by atoms with van der Waals surface area (Å²) in [4.78, 5) is 0. The molecule has 0 saturated carbocycles. The minimum absolute atomic E-state index is 0.179. The monoisotopic (exact) mass is 492 g/mol. The van der Waals surface area contributed by atoms with E-state index in [0.29, 0.717) is 17.8 Å². The number of alkyl halides is 3. The first kappa shape index (κ1) is 30.4. The lowest BCUT2D eigenvalue weighted by atomic mass is 10.0. The van der Waals surface area contributed by atoms with Crippen molar-refractivity contribution in [3.05, 3.63) is 101 Å². The van der Waals surface area contributed by atoms with Crippen molar-refractivity contribution >= 4 is 0 Å². The van der Waals surface area contributed by atoms with Gasteiger partial charge in [0.05, 0.1) is 0 Å². The molecule has 0 aliphatic heterocycles. The van der Waals surface area contributed by atoms with Gasteiger partial charge in [0.2, 0.25) is 0 Å². The summed E-state index contributed by atoms with van der Waals surface area (Å²) in [6.45, 7) is 12.6. The van der Waals surface area contributed by atoms with Crippen molar-refractivity contribution in [2.24, 2.45) is 0 Å². The fourth-order valence-electron chi connectivity index (χ4n) is 3.01. The van der Waals surface area contributed by atoms with Crippen molar-refractivity contribution in [3.8, 4) is 30.4 Å². The van der Waals surface area contributed by atoms with Crippen LogP contribution in [0.15, 0.2) is 72.8 Å². The second-order valence-corrected chi connectivity index (χ2v) is 9.12. The molecule has 0 aliphatic rings. The Morgan fingerprint density at radius 3 is 1.44 bits per heavy atom. The van der Waals surface area contributed by atoms with Crippen LogP contribution in [0.2, 0.25) is 0 Å². The first-order chi connectivity index (χ1) is 16.9. The van der Waals surface area contributed by atoms with Gasteiger partial charge < -0.3 is 4.74 Å². The number of halogens is 3. The lowest BCUT2D eigenvalue weighted by molar-refractivity contribution is -0.274. The second kappa shape index (κ2) is 14.7. The molecule has 0 heterocycles. The van der Waals surface area contributed by atoms with E-state index in [-0.39, 0.29) is 5.75 Å². The Balaban J connectivity index is 0.000000273. The van der Waals surface area contributed by atoms with Crippen molar-refractivity contribution < 1.29 is 17.9 Å². The van der Waals surface area contributed by atoms with Gasteiger partial charge in [-0.2, -0.15) is 0 Å². The second-order valence-electron chi connectivity index (χ2n) is 9.12. The zero-order valence-electron chi connectivity index (χ0n) is 21.9. The standard InChI is InChI=1S/2C11H12.C10H11F3O/c1-4-10-5-7-11(8-6-10)9(2)3;1-4-10-6-5-7-11(8-10)9(2)3;1-7(2)8-3-5-9(6-4-8)14-10(11,12)13/h2*1,5-9H,2-3H3;3-7H,1-2H3. The van der Waals surface area contributed by atoms with Crippen molar-refractivity contribution in [2.45, 2.75) is 65.7 Å². The molecule has 1 nitrogen and oxygen atoms in total. The number of benzene rings is 3. The molecule has 0 aliphatic carbocycles. The third-order valence-corrected chi connectivity index (χ3v) is 5.24. The van der Waals surface area contributed by atoms with Gasteiger partial charge in [-0.1, -0.05) is 89.8 Å². The van der Waals surface area contributed by atoms with Crippen LogP contribution < -0.4 is 4.74 Å². The zero-order valence-corrected chi connectivity index (χ0v) is 21.9. The molecule has 0 saturated heterocycles. The smallest absolute Gasteiger partial charge is 0.406 e. The maximum absolute atomic E-state index is 11.8. The van der Waals surface area contributed by atoms with E-state index in [1.54, 1.807) is 12.1 Å². The van der Waals surface area contributed by atoms with Crippen LogP contribution in [-0.2, 0) is 0 Å². The lowest BCUT2D eigenvalue weighted by Crippen LogP contribution is -2.17. The lowest BCUT2D eigenvalue weighted by Gasteiger charge is -2.10. The van der Waals surface area contributed by atoms with E-state index >= 15 is 0 Å². The average Bonchev–Trinajstić information content (AvgIpc) is 2.84. The van der Waals surface area contributed by atoms with Gasteiger partial charge in [-0.15, -0.1) is 26.0 Å². The number of terminal acetylenes is 2. The number of rotatable bonds is 4. The van der Waals surface area contributed by atoms with Crippen LogP contribution in [-0.4, -0.2) is 6.36 Å². The van der Waals surface area contributed by atoms with E-state index in [1.807, 2.05) is 38.1 Å². The molecule has 0 atom stereocenters. The van der Waals surface area contributed by atoms with Crippen molar-refractivity contribution in [2.75, 3.05) is 0 Å². The van der Waals surface area contributed by atoms with Gasteiger partial charge >= 0.3 is 6.36 Å². The molecule has 36 heavy (non-hydrogen) atoms. The van der Waals surface area contributed by atoms with Crippen LogP contribution in [0, 0.1) is 24.7 Å². The molecule has 0 amide bonds. The summed E-state index contributed by atoms with van der Waals surface area (Å²) in [6, 6.07) is 22.2. The quantitative estimate of drug-likeness (QED) is 0.330. The van der Waals surface area contributed by atoms with Crippen LogP contribution in [0.1, 0.15) is 87.1 Å². The summed E-state index contributed by atoms with van der Waals surface area (Å²) in [5, 5.41) is 0. The summed E-state index contributed by atoms with van der Waals surface area (Å²) < 4.78 is 39.1. The Kier molecular flexibility index (Phi) is 12.4. The van der Waals surface area contributed by atoms with Gasteiger partial charge in [0.15, 0.2) is 0 Å². The molecule has 3 rings (SSSR count). The van der Waals surface area contributed by atoms with Crippen LogP contribution in [0.5, 0.6) is 5.75 Å². The predicted molar refractivity (Wildman–Crippen MR) is 144 cm³/mol. The Morgan fingerprint density at radius 1 is 0.611 bits per heavy atom. The van der Waals surface area contributed by atoms with Crippen molar-refractivity contribution in [3.63, 3.8) is 0 Å². The van der Waals surface area contributed by atoms with E-state index in [2.05, 4.69) is 68.5 Å². The predicted octanol–water partition coefficient (Wildman–Crippen LogP) is 9.29. The number of hydrogen-bond acceptors (Lipinski definition) is 1. The molecular weight excluding hydrogens is 457 g/mol. The van der Waals surface area contributed by atoms with Gasteiger partial charge in [0.25, 0.3) is 0 Å². The molecule has 0 bridgehead atoms. The van der Waals surface area contributed by atoms with E-state index in [0.717, 1.165) is 16.7 Å². The largest absolute Gasteiger partial charge is 0.573 e. The minimum atomic E-state index is -4.61. The van der Waals surface area contributed by atoms with Crippen molar-refractivity contribution in [1.29, 1.82) is 0 Å². The van der Waals surface area contributed by atoms with E-state index in [9.17, 15) is 13.2 Å². The van der Waals surface area contributed by atoms with Crippen LogP contribution >= 0.6 is 0 Å². The Morgan fingerprint density at radius 2 is 1.06 bits per heavy atom. The molecule has 0 fully saturated rings. The highest BCUT2D eigenvalue weighted by molar-refractivity contribution is 5.36. The zero-order chi connectivity index (χ0) is 27.3. The molecule has 0 radical (unpaired) electrons. The maximum Gasteiger partial charge on any atom is 0.573 e. The molecular formula is C32H35F3O. The molecule has 190 valence electrons. The van der Waals surface area contributed by atoms with Crippen LogP contribution in [0.25, 0.3) is 0 Å². The maximum atomic E-state index is 11.8.